The molecule has 2 amide bonds. The van der Waals surface area contributed by atoms with Crippen LogP contribution in [0.15, 0.2) is 42.6 Å². The van der Waals surface area contributed by atoms with Gasteiger partial charge in [-0.2, -0.15) is 0 Å². The molecule has 1 saturated heterocycles. The van der Waals surface area contributed by atoms with E-state index in [9.17, 15) is 14.0 Å². The Morgan fingerprint density at radius 1 is 1.17 bits per heavy atom. The van der Waals surface area contributed by atoms with Crippen molar-refractivity contribution in [3.05, 3.63) is 59.7 Å². The number of rotatable bonds is 3. The van der Waals surface area contributed by atoms with Crippen LogP contribution in [0.5, 0.6) is 0 Å². The van der Waals surface area contributed by atoms with E-state index in [4.69, 9.17) is 4.74 Å². The topological polar surface area (TPSA) is 71.5 Å². The Morgan fingerprint density at radius 3 is 2.62 bits per heavy atom. The Hall–Kier alpha value is -2.80. The average Bonchev–Trinajstić information content (AvgIpc) is 2.63. The molecule has 1 aromatic carbocycles. The van der Waals surface area contributed by atoms with Crippen LogP contribution in [0, 0.1) is 5.82 Å². The molecule has 6 nitrogen and oxygen atoms in total. The molecule has 0 atom stereocenters. The molecule has 0 bridgehead atoms. The minimum atomic E-state index is -0.676. The van der Waals surface area contributed by atoms with Gasteiger partial charge >= 0.3 is 0 Å². The van der Waals surface area contributed by atoms with Gasteiger partial charge in [-0.1, -0.05) is 6.07 Å². The van der Waals surface area contributed by atoms with Gasteiger partial charge in [-0.25, -0.2) is 4.39 Å². The summed E-state index contributed by atoms with van der Waals surface area (Å²) in [6.45, 7) is 1.78. The molecule has 0 spiro atoms. The predicted molar refractivity (Wildman–Crippen MR) is 85.3 cm³/mol. The SMILES string of the molecule is O=C(Nc1ccc(C(=O)N2CCOCC2)c(F)c1)c1ccccn1. The maximum Gasteiger partial charge on any atom is 0.274 e. The summed E-state index contributed by atoms with van der Waals surface area (Å²) < 4.78 is 19.4. The van der Waals surface area contributed by atoms with E-state index < -0.39 is 11.7 Å². The minimum absolute atomic E-state index is 0.0206. The molecule has 2 heterocycles. The highest BCUT2D eigenvalue weighted by atomic mass is 19.1. The third-order valence-corrected chi connectivity index (χ3v) is 3.65. The van der Waals surface area contributed by atoms with Gasteiger partial charge < -0.3 is 15.0 Å². The number of nitrogens with zero attached hydrogens (tertiary/aromatic N) is 2. The molecule has 3 rings (SSSR count). The number of amides is 2. The van der Waals surface area contributed by atoms with E-state index in [1.54, 1.807) is 23.1 Å². The smallest absolute Gasteiger partial charge is 0.274 e. The number of halogens is 1. The highest BCUT2D eigenvalue weighted by Crippen LogP contribution is 2.17. The van der Waals surface area contributed by atoms with Crippen LogP contribution in [0.4, 0.5) is 10.1 Å². The van der Waals surface area contributed by atoms with Crippen LogP contribution in [0.1, 0.15) is 20.8 Å². The molecule has 2 aromatic rings. The number of carbonyl (C=O) groups excluding carboxylic acids is 2. The number of benzene rings is 1. The van der Waals surface area contributed by atoms with Crippen LogP contribution in [0.2, 0.25) is 0 Å². The zero-order chi connectivity index (χ0) is 16.9. The van der Waals surface area contributed by atoms with E-state index in [2.05, 4.69) is 10.3 Å². The normalized spacial score (nSPS) is 14.3. The van der Waals surface area contributed by atoms with Gasteiger partial charge in [0.15, 0.2) is 0 Å². The molecule has 1 aliphatic rings. The van der Waals surface area contributed by atoms with Gasteiger partial charge in [0, 0.05) is 25.0 Å². The molecule has 7 heteroatoms. The monoisotopic (exact) mass is 329 g/mol. The van der Waals surface area contributed by atoms with Gasteiger partial charge in [-0.3, -0.25) is 14.6 Å². The number of pyridine rings is 1. The third kappa shape index (κ3) is 3.57. The number of morpholine rings is 1. The summed E-state index contributed by atoms with van der Waals surface area (Å²) in [5, 5.41) is 2.56. The first-order chi connectivity index (χ1) is 11.6. The number of carbonyl (C=O) groups is 2. The van der Waals surface area contributed by atoms with Crippen molar-refractivity contribution >= 4 is 17.5 Å². The highest BCUT2D eigenvalue weighted by Gasteiger charge is 2.21. The van der Waals surface area contributed by atoms with Gasteiger partial charge in [-0.15, -0.1) is 0 Å². The number of nitrogens with one attached hydrogen (secondary N) is 1. The van der Waals surface area contributed by atoms with Crippen LogP contribution in [0.25, 0.3) is 0 Å². The van der Waals surface area contributed by atoms with E-state index in [0.29, 0.717) is 26.3 Å². The van der Waals surface area contributed by atoms with E-state index in [-0.39, 0.29) is 22.9 Å². The minimum Gasteiger partial charge on any atom is -0.378 e. The quantitative estimate of drug-likeness (QED) is 0.934. The molecule has 1 aromatic heterocycles. The molecule has 1 N–H and O–H groups in total. The summed E-state index contributed by atoms with van der Waals surface area (Å²) in [4.78, 5) is 29.8. The summed E-state index contributed by atoms with van der Waals surface area (Å²) in [6.07, 6.45) is 1.50. The van der Waals surface area contributed by atoms with Crippen LogP contribution in [0.3, 0.4) is 0 Å². The lowest BCUT2D eigenvalue weighted by atomic mass is 10.1. The fourth-order valence-electron chi connectivity index (χ4n) is 2.40. The van der Waals surface area contributed by atoms with Crippen LogP contribution < -0.4 is 5.32 Å². The van der Waals surface area contributed by atoms with Gasteiger partial charge in [0.05, 0.1) is 18.8 Å². The Morgan fingerprint density at radius 2 is 1.96 bits per heavy atom. The van der Waals surface area contributed by atoms with Crippen molar-refractivity contribution in [2.24, 2.45) is 0 Å². The summed E-state index contributed by atoms with van der Waals surface area (Å²) in [5.41, 5.74) is 0.473. The summed E-state index contributed by atoms with van der Waals surface area (Å²) in [6, 6.07) is 8.95. The van der Waals surface area contributed by atoms with Gasteiger partial charge in [0.1, 0.15) is 11.5 Å². The number of aromatic nitrogens is 1. The van der Waals surface area contributed by atoms with Crippen LogP contribution in [-0.2, 0) is 4.74 Å². The Labute approximate surface area is 138 Å². The van der Waals surface area contributed by atoms with Gasteiger partial charge in [0.2, 0.25) is 0 Å². The van der Waals surface area contributed by atoms with Crippen molar-refractivity contribution < 1.29 is 18.7 Å². The molecule has 1 aliphatic heterocycles. The molecule has 0 unspecified atom stereocenters. The van der Waals surface area contributed by atoms with E-state index in [1.165, 1.54) is 18.3 Å². The van der Waals surface area contributed by atoms with Gasteiger partial charge in [-0.05, 0) is 30.3 Å². The van der Waals surface area contributed by atoms with Crippen LogP contribution >= 0.6 is 0 Å². The Kier molecular flexibility index (Phi) is 4.81. The standard InChI is InChI=1S/C17H16FN3O3/c18-14-11-12(20-16(22)15-3-1-2-6-19-15)4-5-13(14)17(23)21-7-9-24-10-8-21/h1-6,11H,7-10H2,(H,20,22). The van der Waals surface area contributed by atoms with E-state index >= 15 is 0 Å². The Bertz CT molecular complexity index is 746. The van der Waals surface area contributed by atoms with Crippen molar-refractivity contribution in [2.45, 2.75) is 0 Å². The second-order valence-corrected chi connectivity index (χ2v) is 5.27. The third-order valence-electron chi connectivity index (χ3n) is 3.65. The van der Waals surface area contributed by atoms with Crippen molar-refractivity contribution in [1.29, 1.82) is 0 Å². The van der Waals surface area contributed by atoms with Crippen molar-refractivity contribution in [3.8, 4) is 0 Å². The zero-order valence-electron chi connectivity index (χ0n) is 12.9. The predicted octanol–water partition coefficient (Wildman–Crippen LogP) is 1.95. The molecule has 124 valence electrons. The van der Waals surface area contributed by atoms with Crippen LogP contribution in [-0.4, -0.2) is 48.0 Å². The maximum atomic E-state index is 14.3. The number of anilines is 1. The van der Waals surface area contributed by atoms with Crippen molar-refractivity contribution in [2.75, 3.05) is 31.6 Å². The first kappa shape index (κ1) is 16.1. The number of ether oxygens (including phenoxy) is 1. The molecule has 0 aliphatic carbocycles. The van der Waals surface area contributed by atoms with Gasteiger partial charge in [0.25, 0.3) is 11.8 Å². The molecular weight excluding hydrogens is 313 g/mol. The fourth-order valence-corrected chi connectivity index (χ4v) is 2.40. The molecule has 0 radical (unpaired) electrons. The number of hydrogen-bond donors (Lipinski definition) is 1. The first-order valence-electron chi connectivity index (χ1n) is 7.54. The molecule has 0 saturated carbocycles. The largest absolute Gasteiger partial charge is 0.378 e. The first-order valence-corrected chi connectivity index (χ1v) is 7.54. The van der Waals surface area contributed by atoms with Crippen molar-refractivity contribution in [1.82, 2.24) is 9.88 Å². The second-order valence-electron chi connectivity index (χ2n) is 5.27. The lowest BCUT2D eigenvalue weighted by Crippen LogP contribution is -2.41. The molecule has 1 fully saturated rings. The summed E-state index contributed by atoms with van der Waals surface area (Å²) in [5.74, 6) is -1.49. The second kappa shape index (κ2) is 7.18. The Balaban J connectivity index is 1.72. The molecular formula is C17H16FN3O3. The lowest BCUT2D eigenvalue weighted by molar-refractivity contribution is 0.0300. The maximum absolute atomic E-state index is 14.3. The summed E-state index contributed by atoms with van der Waals surface area (Å²) >= 11 is 0. The number of hydrogen-bond acceptors (Lipinski definition) is 4. The highest BCUT2D eigenvalue weighted by molar-refractivity contribution is 6.03. The zero-order valence-corrected chi connectivity index (χ0v) is 12.9. The lowest BCUT2D eigenvalue weighted by Gasteiger charge is -2.27. The molecule has 24 heavy (non-hydrogen) atoms. The fraction of sp³-hybridized carbons (Fsp3) is 0.235. The average molecular weight is 329 g/mol. The van der Waals surface area contributed by atoms with Crippen molar-refractivity contribution in [3.63, 3.8) is 0 Å². The summed E-state index contributed by atoms with van der Waals surface area (Å²) in [7, 11) is 0. The van der Waals surface area contributed by atoms with E-state index in [0.717, 1.165) is 6.07 Å². The van der Waals surface area contributed by atoms with E-state index in [1.807, 2.05) is 0 Å².